The Morgan fingerprint density at radius 1 is 1.23 bits per heavy atom. The van der Waals surface area contributed by atoms with Gasteiger partial charge in [0.05, 0.1) is 8.66 Å². The van der Waals surface area contributed by atoms with Crippen molar-refractivity contribution in [2.45, 2.75) is 51.5 Å². The van der Waals surface area contributed by atoms with Crippen LogP contribution in [-0.2, 0) is 0 Å². The molecule has 0 aromatic carbocycles. The van der Waals surface area contributed by atoms with Gasteiger partial charge in [0.15, 0.2) is 0 Å². The Kier molecular flexibility index (Phi) is 7.62. The Balaban J connectivity index is 1.20. The molecular weight excluding hydrogens is 464 g/mol. The van der Waals surface area contributed by atoms with Crippen LogP contribution in [0.3, 0.4) is 0 Å². The van der Waals surface area contributed by atoms with Crippen molar-refractivity contribution in [3.05, 3.63) is 27.2 Å². The van der Waals surface area contributed by atoms with E-state index in [4.69, 9.17) is 4.52 Å². The van der Waals surface area contributed by atoms with Crippen LogP contribution in [0.4, 0.5) is 0 Å². The molecule has 0 atom stereocenters. The molecule has 30 heavy (non-hydrogen) atoms. The Morgan fingerprint density at radius 3 is 2.70 bits per heavy atom. The van der Waals surface area contributed by atoms with E-state index < -0.39 is 0 Å². The number of piperidine rings is 2. The second-order valence-electron chi connectivity index (χ2n) is 8.35. The van der Waals surface area contributed by atoms with Gasteiger partial charge in [-0.15, -0.1) is 11.3 Å². The number of nitrogens with one attached hydrogen (secondary N) is 1. The molecule has 1 N–H and O–H groups in total. The maximum absolute atomic E-state index is 12.8. The Hall–Kier alpha value is -1.22. The number of rotatable bonds is 7. The number of hydrogen-bond donors (Lipinski definition) is 1. The van der Waals surface area contributed by atoms with Crippen LogP contribution in [0.5, 0.6) is 0 Å². The van der Waals surface area contributed by atoms with E-state index >= 15 is 0 Å². The van der Waals surface area contributed by atoms with Crippen molar-refractivity contribution >= 4 is 33.2 Å². The number of likely N-dealkylation sites (tertiary alicyclic amines) is 2. The first-order valence-corrected chi connectivity index (χ1v) is 12.7. The van der Waals surface area contributed by atoms with Crippen LogP contribution in [0.15, 0.2) is 20.4 Å². The number of aromatic nitrogens is 1. The molecular formula is C22H31BrN4O2S. The normalized spacial score (nSPS) is 19.3. The van der Waals surface area contributed by atoms with E-state index in [1.54, 1.807) is 18.3 Å². The first-order chi connectivity index (χ1) is 14.6. The third-order valence-corrected chi connectivity index (χ3v) is 7.93. The molecule has 0 unspecified atom stereocenters. The lowest BCUT2D eigenvalue weighted by molar-refractivity contribution is 0.0902. The largest absolute Gasteiger partial charge is 0.360 e. The van der Waals surface area contributed by atoms with E-state index in [-0.39, 0.29) is 5.91 Å². The van der Waals surface area contributed by atoms with Crippen molar-refractivity contribution < 1.29 is 9.32 Å². The number of hydrogen-bond acceptors (Lipinski definition) is 6. The molecule has 0 spiro atoms. The fourth-order valence-corrected chi connectivity index (χ4v) is 6.01. The van der Waals surface area contributed by atoms with Gasteiger partial charge in [-0.2, -0.15) is 0 Å². The molecule has 8 heteroatoms. The zero-order chi connectivity index (χ0) is 20.9. The summed E-state index contributed by atoms with van der Waals surface area (Å²) in [5.41, 5.74) is 1.17. The topological polar surface area (TPSA) is 61.6 Å². The highest BCUT2D eigenvalue weighted by Crippen LogP contribution is 2.33. The predicted molar refractivity (Wildman–Crippen MR) is 124 cm³/mol. The van der Waals surface area contributed by atoms with E-state index in [0.717, 1.165) is 27.7 Å². The summed E-state index contributed by atoms with van der Waals surface area (Å²) in [6, 6.07) is 4.70. The monoisotopic (exact) mass is 494 g/mol. The van der Waals surface area contributed by atoms with Crippen LogP contribution in [-0.4, -0.2) is 66.2 Å². The van der Waals surface area contributed by atoms with Gasteiger partial charge in [0, 0.05) is 12.6 Å². The Labute approximate surface area is 191 Å². The number of aryl methyl sites for hydroxylation is 1. The number of carbonyl (C=O) groups excluding carboxylic acids is 1. The molecule has 0 bridgehead atoms. The van der Waals surface area contributed by atoms with E-state index in [1.807, 2.05) is 12.1 Å². The van der Waals surface area contributed by atoms with E-state index in [0.29, 0.717) is 23.6 Å². The lowest BCUT2D eigenvalue weighted by atomic mass is 10.00. The van der Waals surface area contributed by atoms with Crippen LogP contribution in [0, 0.1) is 6.92 Å². The molecule has 164 valence electrons. The average Bonchev–Trinajstić information content (AvgIpc) is 3.37. The van der Waals surface area contributed by atoms with Crippen molar-refractivity contribution in [1.29, 1.82) is 0 Å². The highest BCUT2D eigenvalue weighted by molar-refractivity contribution is 9.11. The highest BCUT2D eigenvalue weighted by Gasteiger charge is 2.25. The summed E-state index contributed by atoms with van der Waals surface area (Å²) in [7, 11) is 0. The van der Waals surface area contributed by atoms with Gasteiger partial charge in [-0.1, -0.05) is 11.6 Å². The second kappa shape index (κ2) is 10.4. The first-order valence-electron chi connectivity index (χ1n) is 11.1. The number of amides is 1. The minimum atomic E-state index is -0.0999. The molecule has 0 radical (unpaired) electrons. The van der Waals surface area contributed by atoms with Crippen LogP contribution in [0.1, 0.15) is 54.6 Å². The minimum Gasteiger partial charge on any atom is -0.360 e. The van der Waals surface area contributed by atoms with Gasteiger partial charge in [0.25, 0.3) is 5.91 Å². The lowest BCUT2D eigenvalue weighted by Gasteiger charge is -2.40. The van der Waals surface area contributed by atoms with Crippen LogP contribution < -0.4 is 5.32 Å². The maximum atomic E-state index is 12.8. The van der Waals surface area contributed by atoms with Crippen LogP contribution >= 0.6 is 27.3 Å². The summed E-state index contributed by atoms with van der Waals surface area (Å²) < 4.78 is 6.32. The smallest absolute Gasteiger partial charge is 0.257 e. The minimum absolute atomic E-state index is 0.0999. The third-order valence-electron chi connectivity index (χ3n) is 6.30. The van der Waals surface area contributed by atoms with Gasteiger partial charge in [0.1, 0.15) is 17.0 Å². The molecule has 2 aromatic heterocycles. The highest BCUT2D eigenvalue weighted by atomic mass is 79.9. The molecule has 6 nitrogen and oxygen atoms in total. The summed E-state index contributed by atoms with van der Waals surface area (Å²) in [5, 5.41) is 7.17. The second-order valence-corrected chi connectivity index (χ2v) is 10.8. The Bertz CT molecular complexity index is 838. The zero-order valence-electron chi connectivity index (χ0n) is 17.7. The van der Waals surface area contributed by atoms with Crippen LogP contribution in [0.25, 0.3) is 10.6 Å². The van der Waals surface area contributed by atoms with Gasteiger partial charge >= 0.3 is 0 Å². The summed E-state index contributed by atoms with van der Waals surface area (Å²) in [5.74, 6) is 0.462. The van der Waals surface area contributed by atoms with E-state index in [1.165, 1.54) is 58.3 Å². The molecule has 4 rings (SSSR count). The van der Waals surface area contributed by atoms with Gasteiger partial charge in [-0.3, -0.25) is 4.79 Å². The van der Waals surface area contributed by atoms with Gasteiger partial charge in [0.2, 0.25) is 0 Å². The molecule has 2 aromatic rings. The van der Waals surface area contributed by atoms with Crippen molar-refractivity contribution in [1.82, 2.24) is 20.3 Å². The summed E-state index contributed by atoms with van der Waals surface area (Å²) >= 11 is 5.01. The van der Waals surface area contributed by atoms with Gasteiger partial charge in [-0.05, 0) is 99.8 Å². The first kappa shape index (κ1) is 22.0. The lowest BCUT2D eigenvalue weighted by Crippen LogP contribution is -2.47. The fourth-order valence-electron chi connectivity index (χ4n) is 4.63. The van der Waals surface area contributed by atoms with Crippen molar-refractivity contribution in [2.75, 3.05) is 39.3 Å². The molecule has 0 saturated carbocycles. The predicted octanol–water partition coefficient (Wildman–Crippen LogP) is 4.54. The Morgan fingerprint density at radius 2 is 2.00 bits per heavy atom. The number of nitrogens with zero attached hydrogens (tertiary/aromatic N) is 3. The molecule has 4 heterocycles. The van der Waals surface area contributed by atoms with Crippen LogP contribution in [0.2, 0.25) is 0 Å². The SMILES string of the molecule is Cc1onc(-c2ccc(Br)s2)c1C(=O)NCCCN1CCC(N2CCCCC2)CC1. The molecule has 2 fully saturated rings. The summed E-state index contributed by atoms with van der Waals surface area (Å²) in [4.78, 5) is 19.0. The summed E-state index contributed by atoms with van der Waals surface area (Å²) in [6.07, 6.45) is 7.68. The summed E-state index contributed by atoms with van der Waals surface area (Å²) in [6.45, 7) is 8.45. The molecule has 2 saturated heterocycles. The number of carbonyl (C=O) groups is 1. The van der Waals surface area contributed by atoms with Gasteiger partial charge < -0.3 is 19.6 Å². The molecule has 1 amide bonds. The average molecular weight is 495 g/mol. The van der Waals surface area contributed by atoms with Crippen molar-refractivity contribution in [2.24, 2.45) is 0 Å². The molecule has 2 aliphatic heterocycles. The third kappa shape index (κ3) is 5.33. The van der Waals surface area contributed by atoms with E-state index in [2.05, 4.69) is 36.2 Å². The van der Waals surface area contributed by atoms with Crippen molar-refractivity contribution in [3.8, 4) is 10.6 Å². The maximum Gasteiger partial charge on any atom is 0.257 e. The quantitative estimate of drug-likeness (QED) is 0.572. The van der Waals surface area contributed by atoms with E-state index in [9.17, 15) is 4.79 Å². The standard InChI is InChI=1S/C22H31BrN4O2S/c1-16-20(21(25-29-16)18-6-7-19(23)30-18)22(28)24-10-5-11-26-14-8-17(9-15-26)27-12-3-2-4-13-27/h6-7,17H,2-5,8-15H2,1H3,(H,24,28). The van der Waals surface area contributed by atoms with Crippen molar-refractivity contribution in [3.63, 3.8) is 0 Å². The molecule has 2 aliphatic rings. The number of halogens is 1. The fraction of sp³-hybridized carbons (Fsp3) is 0.636. The number of thiophene rings is 1. The molecule has 0 aliphatic carbocycles. The van der Waals surface area contributed by atoms with Gasteiger partial charge in [-0.25, -0.2) is 0 Å². The zero-order valence-corrected chi connectivity index (χ0v) is 20.1.